The smallest absolute Gasteiger partial charge is 0.130 e. The van der Waals surface area contributed by atoms with Crippen LogP contribution < -0.4 is 5.32 Å². The van der Waals surface area contributed by atoms with Gasteiger partial charge in [0.2, 0.25) is 0 Å². The molecule has 0 saturated carbocycles. The van der Waals surface area contributed by atoms with E-state index < -0.39 is 0 Å². The second-order valence-electron chi connectivity index (χ2n) is 3.62. The molecule has 0 aromatic carbocycles. The lowest BCUT2D eigenvalue weighted by Gasteiger charge is -2.12. The molecule has 0 aliphatic heterocycles. The first-order valence-corrected chi connectivity index (χ1v) is 5.36. The van der Waals surface area contributed by atoms with Crippen molar-refractivity contribution in [2.24, 2.45) is 10.1 Å². The Morgan fingerprint density at radius 2 is 2.12 bits per heavy atom. The highest BCUT2D eigenvalue weighted by atomic mass is 16.6. The van der Waals surface area contributed by atoms with E-state index in [9.17, 15) is 0 Å². The van der Waals surface area contributed by atoms with E-state index in [1.807, 2.05) is 13.8 Å². The SMILES string of the molecule is C=N/C(NC(C)C)=C(/C)C(=N)/C=C/O/N=C/C. The summed E-state index contributed by atoms with van der Waals surface area (Å²) in [4.78, 5) is 8.62. The molecule has 0 amide bonds. The average molecular weight is 236 g/mol. The first kappa shape index (κ1) is 15.1. The molecule has 0 radical (unpaired) electrons. The van der Waals surface area contributed by atoms with Crippen LogP contribution in [-0.4, -0.2) is 24.7 Å². The fourth-order valence-electron chi connectivity index (χ4n) is 0.993. The monoisotopic (exact) mass is 236 g/mol. The Kier molecular flexibility index (Phi) is 7.34. The van der Waals surface area contributed by atoms with Gasteiger partial charge in [-0.2, -0.15) is 0 Å². The third-order valence-electron chi connectivity index (χ3n) is 1.80. The quantitative estimate of drug-likeness (QED) is 0.405. The van der Waals surface area contributed by atoms with E-state index in [1.165, 1.54) is 18.6 Å². The van der Waals surface area contributed by atoms with Crippen LogP contribution >= 0.6 is 0 Å². The van der Waals surface area contributed by atoms with Gasteiger partial charge in [-0.15, -0.1) is 0 Å². The third kappa shape index (κ3) is 6.29. The minimum atomic E-state index is 0.239. The third-order valence-corrected chi connectivity index (χ3v) is 1.80. The van der Waals surface area contributed by atoms with Crippen LogP contribution in [0, 0.1) is 5.41 Å². The van der Waals surface area contributed by atoms with Gasteiger partial charge in [0.25, 0.3) is 0 Å². The Hall–Kier alpha value is -1.91. The molecule has 0 heterocycles. The highest BCUT2D eigenvalue weighted by Crippen LogP contribution is 2.06. The van der Waals surface area contributed by atoms with Crippen LogP contribution in [-0.2, 0) is 4.84 Å². The normalized spacial score (nSPS) is 13.0. The Morgan fingerprint density at radius 3 is 2.59 bits per heavy atom. The highest BCUT2D eigenvalue weighted by Gasteiger charge is 2.05. The molecule has 0 rings (SSSR count). The number of aliphatic imine (C=N–C) groups is 1. The maximum absolute atomic E-state index is 7.80. The Bertz CT molecular complexity index is 354. The van der Waals surface area contributed by atoms with E-state index in [0.717, 1.165) is 0 Å². The zero-order valence-electron chi connectivity index (χ0n) is 10.8. The van der Waals surface area contributed by atoms with Gasteiger partial charge in [0.05, 0.1) is 5.71 Å². The van der Waals surface area contributed by atoms with Crippen molar-refractivity contribution in [2.75, 3.05) is 0 Å². The predicted molar refractivity (Wildman–Crippen MR) is 72.6 cm³/mol. The predicted octanol–water partition coefficient (Wildman–Crippen LogP) is 2.47. The number of oxime groups is 1. The van der Waals surface area contributed by atoms with Gasteiger partial charge in [-0.3, -0.25) is 0 Å². The van der Waals surface area contributed by atoms with Crippen LogP contribution in [0.25, 0.3) is 0 Å². The molecule has 94 valence electrons. The van der Waals surface area contributed by atoms with Crippen LogP contribution in [0.3, 0.4) is 0 Å². The molecular weight excluding hydrogens is 216 g/mol. The molecule has 5 heteroatoms. The first-order chi connectivity index (χ1) is 8.02. The molecule has 2 N–H and O–H groups in total. The summed E-state index contributed by atoms with van der Waals surface area (Å²) in [5.41, 5.74) is 1.00. The number of allylic oxidation sites excluding steroid dienone is 2. The molecule has 0 bridgehead atoms. The summed E-state index contributed by atoms with van der Waals surface area (Å²) >= 11 is 0. The van der Waals surface area contributed by atoms with Gasteiger partial charge in [-0.1, -0.05) is 5.16 Å². The zero-order valence-corrected chi connectivity index (χ0v) is 10.8. The molecule has 0 unspecified atom stereocenters. The second-order valence-corrected chi connectivity index (χ2v) is 3.62. The van der Waals surface area contributed by atoms with E-state index >= 15 is 0 Å². The first-order valence-electron chi connectivity index (χ1n) is 5.36. The lowest BCUT2D eigenvalue weighted by Crippen LogP contribution is -2.23. The minimum Gasteiger partial charge on any atom is -0.368 e. The molecule has 0 fully saturated rings. The van der Waals surface area contributed by atoms with Crippen LogP contribution in [0.2, 0.25) is 0 Å². The van der Waals surface area contributed by atoms with Crippen molar-refractivity contribution in [1.82, 2.24) is 5.32 Å². The summed E-state index contributed by atoms with van der Waals surface area (Å²) in [6.45, 7) is 11.0. The van der Waals surface area contributed by atoms with Gasteiger partial charge < -0.3 is 15.6 Å². The molecule has 0 aromatic rings. The maximum Gasteiger partial charge on any atom is 0.130 e. The summed E-state index contributed by atoms with van der Waals surface area (Å²) in [5, 5.41) is 14.5. The average Bonchev–Trinajstić information content (AvgIpc) is 2.30. The summed E-state index contributed by atoms with van der Waals surface area (Å²) < 4.78 is 0. The molecule has 0 aliphatic rings. The lowest BCUT2D eigenvalue weighted by molar-refractivity contribution is 0.270. The lowest BCUT2D eigenvalue weighted by atomic mass is 10.1. The Balaban J connectivity index is 4.68. The van der Waals surface area contributed by atoms with Crippen molar-refractivity contribution in [3.8, 4) is 0 Å². The zero-order chi connectivity index (χ0) is 13.3. The largest absolute Gasteiger partial charge is 0.368 e. The summed E-state index contributed by atoms with van der Waals surface area (Å²) in [6, 6.07) is 0.239. The van der Waals surface area contributed by atoms with Crippen LogP contribution in [0.5, 0.6) is 0 Å². The van der Waals surface area contributed by atoms with E-state index in [-0.39, 0.29) is 6.04 Å². The van der Waals surface area contributed by atoms with Crippen molar-refractivity contribution < 1.29 is 4.84 Å². The Morgan fingerprint density at radius 1 is 1.47 bits per heavy atom. The highest BCUT2D eigenvalue weighted by molar-refractivity contribution is 6.06. The number of nitrogens with zero attached hydrogens (tertiary/aromatic N) is 2. The molecular formula is C12H20N4O. The van der Waals surface area contributed by atoms with Crippen LogP contribution in [0.4, 0.5) is 0 Å². The van der Waals surface area contributed by atoms with Crippen molar-refractivity contribution in [3.63, 3.8) is 0 Å². The molecule has 0 spiro atoms. The topological polar surface area (TPSA) is 69.8 Å². The summed E-state index contributed by atoms with van der Waals surface area (Å²) in [7, 11) is 0. The maximum atomic E-state index is 7.80. The van der Waals surface area contributed by atoms with Crippen molar-refractivity contribution in [3.05, 3.63) is 23.7 Å². The summed E-state index contributed by atoms with van der Waals surface area (Å²) in [5.74, 6) is 0.605. The number of rotatable bonds is 7. The van der Waals surface area contributed by atoms with Gasteiger partial charge in [-0.05, 0) is 34.4 Å². The van der Waals surface area contributed by atoms with Crippen LogP contribution in [0.1, 0.15) is 27.7 Å². The second kappa shape index (κ2) is 8.27. The van der Waals surface area contributed by atoms with E-state index in [4.69, 9.17) is 10.2 Å². The van der Waals surface area contributed by atoms with E-state index in [0.29, 0.717) is 17.1 Å². The molecule has 0 saturated heterocycles. The van der Waals surface area contributed by atoms with Gasteiger partial charge in [0, 0.05) is 23.9 Å². The van der Waals surface area contributed by atoms with Gasteiger partial charge in [0.15, 0.2) is 0 Å². The fraction of sp³-hybridized carbons (Fsp3) is 0.417. The van der Waals surface area contributed by atoms with Crippen molar-refractivity contribution in [1.29, 1.82) is 5.41 Å². The fourth-order valence-corrected chi connectivity index (χ4v) is 0.993. The molecule has 0 aliphatic carbocycles. The number of hydrogen-bond donors (Lipinski definition) is 2. The number of nitrogens with one attached hydrogen (secondary N) is 2. The molecule has 17 heavy (non-hydrogen) atoms. The molecule has 0 aromatic heterocycles. The van der Waals surface area contributed by atoms with Gasteiger partial charge in [0.1, 0.15) is 12.1 Å². The standard InChI is InChI=1S/C12H20N4O/c1-6-15-17-8-7-11(13)10(4)12(14-5)16-9(2)3/h6-9,13,16H,5H2,1-4H3/b8-7+,12-10+,13-11?,15-6+. The van der Waals surface area contributed by atoms with Crippen molar-refractivity contribution in [2.45, 2.75) is 33.7 Å². The molecule has 5 nitrogen and oxygen atoms in total. The van der Waals surface area contributed by atoms with E-state index in [2.05, 4.69) is 22.2 Å². The van der Waals surface area contributed by atoms with Crippen molar-refractivity contribution >= 4 is 18.6 Å². The van der Waals surface area contributed by atoms with Crippen LogP contribution in [0.15, 0.2) is 33.9 Å². The number of hydrogen-bond acceptors (Lipinski definition) is 5. The minimum absolute atomic E-state index is 0.239. The van der Waals surface area contributed by atoms with Gasteiger partial charge >= 0.3 is 0 Å². The van der Waals surface area contributed by atoms with Gasteiger partial charge in [-0.25, -0.2) is 4.99 Å². The van der Waals surface area contributed by atoms with E-state index in [1.54, 1.807) is 13.8 Å². The summed E-state index contributed by atoms with van der Waals surface area (Å²) in [6.07, 6.45) is 4.38. The molecule has 0 atom stereocenters. The Labute approximate surface area is 102 Å².